The first-order chi connectivity index (χ1) is 13.3. The van der Waals surface area contributed by atoms with Crippen LogP contribution in [0.3, 0.4) is 0 Å². The molecule has 0 radical (unpaired) electrons. The first-order valence-corrected chi connectivity index (χ1v) is 11.1. The monoisotopic (exact) mass is 387 g/mol. The van der Waals surface area contributed by atoms with Gasteiger partial charge in [0.05, 0.1) is 0 Å². The minimum absolute atomic E-state index is 0.787. The summed E-state index contributed by atoms with van der Waals surface area (Å²) in [7, 11) is 4.04. The molecule has 0 unspecified atom stereocenters. The van der Waals surface area contributed by atoms with E-state index in [2.05, 4.69) is 25.8 Å². The molecule has 7 heteroatoms. The van der Waals surface area contributed by atoms with Crippen LogP contribution in [0.1, 0.15) is 38.5 Å². The second kappa shape index (κ2) is 22.0. The molecule has 0 spiro atoms. The highest BCUT2D eigenvalue weighted by atomic mass is 15.1. The Labute approximate surface area is 169 Å². The molecule has 0 bridgehead atoms. The zero-order valence-corrected chi connectivity index (χ0v) is 18.3. The summed E-state index contributed by atoms with van der Waals surface area (Å²) in [6, 6.07) is 0. The molecule has 0 saturated carbocycles. The number of nitrogens with two attached hydrogens (primary N) is 2. The van der Waals surface area contributed by atoms with Crippen molar-refractivity contribution >= 4 is 0 Å². The van der Waals surface area contributed by atoms with Crippen LogP contribution in [-0.4, -0.2) is 102 Å². The van der Waals surface area contributed by atoms with Crippen LogP contribution < -0.4 is 27.4 Å². The maximum Gasteiger partial charge on any atom is -0.000662 e. The summed E-state index contributed by atoms with van der Waals surface area (Å²) in [5.41, 5.74) is 11.3. The Bertz CT molecular complexity index is 253. The van der Waals surface area contributed by atoms with Crippen LogP contribution in [0, 0.1) is 0 Å². The first-order valence-electron chi connectivity index (χ1n) is 11.1. The fourth-order valence-electron chi connectivity index (χ4n) is 3.24. The lowest BCUT2D eigenvalue weighted by Gasteiger charge is -2.23. The first kappa shape index (κ1) is 26.7. The van der Waals surface area contributed by atoms with Gasteiger partial charge >= 0.3 is 0 Å². The van der Waals surface area contributed by atoms with Crippen molar-refractivity contribution in [1.29, 1.82) is 0 Å². The predicted octanol–water partition coefficient (Wildman–Crippen LogP) is -0.123. The molecule has 7 nitrogen and oxygen atoms in total. The summed E-state index contributed by atoms with van der Waals surface area (Å²) >= 11 is 0. The number of hydrogen-bond acceptors (Lipinski definition) is 7. The highest BCUT2D eigenvalue weighted by Crippen LogP contribution is 1.97. The summed E-state index contributed by atoms with van der Waals surface area (Å²) in [6.07, 6.45) is 7.03. The molecule has 0 aliphatic rings. The summed E-state index contributed by atoms with van der Waals surface area (Å²) in [5.74, 6) is 0. The van der Waals surface area contributed by atoms with Gasteiger partial charge in [-0.15, -0.1) is 0 Å². The van der Waals surface area contributed by atoms with Crippen LogP contribution in [-0.2, 0) is 0 Å². The minimum Gasteiger partial charge on any atom is -0.330 e. The fourth-order valence-corrected chi connectivity index (χ4v) is 3.24. The van der Waals surface area contributed by atoms with Gasteiger partial charge in [-0.1, -0.05) is 0 Å². The zero-order chi connectivity index (χ0) is 20.0. The molecule has 0 aliphatic carbocycles. The molecule has 0 aromatic heterocycles. The standard InChI is InChI=1S/C20H49N7/c1-23-11-5-17-26(15-3-9-21)19-7-13-25-14-8-20-27(16-4-10-22)18-6-12-24-2/h23-25H,3-22H2,1-2H3. The van der Waals surface area contributed by atoms with Gasteiger partial charge in [0.1, 0.15) is 0 Å². The van der Waals surface area contributed by atoms with Crippen molar-refractivity contribution in [3.63, 3.8) is 0 Å². The van der Waals surface area contributed by atoms with Crippen LogP contribution in [0.15, 0.2) is 0 Å². The van der Waals surface area contributed by atoms with Gasteiger partial charge in [0.25, 0.3) is 0 Å². The van der Waals surface area contributed by atoms with Gasteiger partial charge in [-0.2, -0.15) is 0 Å². The summed E-state index contributed by atoms with van der Waals surface area (Å²) in [5, 5.41) is 10.1. The lowest BCUT2D eigenvalue weighted by Crippen LogP contribution is -2.33. The quantitative estimate of drug-likeness (QED) is 0.165. The highest BCUT2D eigenvalue weighted by Gasteiger charge is 2.05. The Morgan fingerprint density at radius 3 is 1.19 bits per heavy atom. The normalized spacial score (nSPS) is 11.8. The molecule has 0 amide bonds. The Hall–Kier alpha value is -0.280. The van der Waals surface area contributed by atoms with Crippen molar-refractivity contribution in [2.24, 2.45) is 11.5 Å². The Kier molecular flexibility index (Phi) is 21.8. The smallest absolute Gasteiger partial charge is 0.000662 e. The van der Waals surface area contributed by atoms with Gasteiger partial charge in [-0.25, -0.2) is 0 Å². The van der Waals surface area contributed by atoms with Crippen LogP contribution in [0.5, 0.6) is 0 Å². The van der Waals surface area contributed by atoms with E-state index in [1.807, 2.05) is 14.1 Å². The largest absolute Gasteiger partial charge is 0.330 e. The Balaban J connectivity index is 3.76. The molecular formula is C20H49N7. The van der Waals surface area contributed by atoms with Crippen molar-refractivity contribution in [3.05, 3.63) is 0 Å². The van der Waals surface area contributed by atoms with E-state index in [9.17, 15) is 0 Å². The molecule has 164 valence electrons. The number of nitrogens with zero attached hydrogens (tertiary/aromatic N) is 2. The number of hydrogen-bond donors (Lipinski definition) is 5. The zero-order valence-electron chi connectivity index (χ0n) is 18.3. The number of nitrogens with one attached hydrogen (secondary N) is 3. The third kappa shape index (κ3) is 18.8. The predicted molar refractivity (Wildman–Crippen MR) is 119 cm³/mol. The topological polar surface area (TPSA) is 94.6 Å². The average Bonchev–Trinajstić information content (AvgIpc) is 2.68. The molecule has 0 aliphatic heterocycles. The van der Waals surface area contributed by atoms with E-state index in [4.69, 9.17) is 11.5 Å². The van der Waals surface area contributed by atoms with Crippen molar-refractivity contribution in [2.75, 3.05) is 92.6 Å². The molecule has 0 heterocycles. The fraction of sp³-hybridized carbons (Fsp3) is 1.00. The maximum atomic E-state index is 5.67. The molecule has 0 aromatic carbocycles. The van der Waals surface area contributed by atoms with Gasteiger partial charge in [0.2, 0.25) is 0 Å². The highest BCUT2D eigenvalue weighted by molar-refractivity contribution is 4.63. The Morgan fingerprint density at radius 1 is 0.519 bits per heavy atom. The molecule has 0 fully saturated rings. The van der Waals surface area contributed by atoms with E-state index in [1.54, 1.807) is 0 Å². The van der Waals surface area contributed by atoms with E-state index >= 15 is 0 Å². The summed E-state index contributed by atoms with van der Waals surface area (Å²) < 4.78 is 0. The van der Waals surface area contributed by atoms with Crippen molar-refractivity contribution in [1.82, 2.24) is 25.8 Å². The SMILES string of the molecule is CNCCCN(CCCN)CCCNCCCN(CCCN)CCCNC. The molecule has 27 heavy (non-hydrogen) atoms. The van der Waals surface area contributed by atoms with Gasteiger partial charge in [-0.05, 0) is 131 Å². The second-order valence-electron chi connectivity index (χ2n) is 7.34. The van der Waals surface area contributed by atoms with Crippen LogP contribution in [0.2, 0.25) is 0 Å². The van der Waals surface area contributed by atoms with E-state index in [1.165, 1.54) is 51.9 Å². The molecule has 0 rings (SSSR count). The van der Waals surface area contributed by atoms with Gasteiger partial charge in [0.15, 0.2) is 0 Å². The summed E-state index contributed by atoms with van der Waals surface area (Å²) in [6.45, 7) is 12.9. The molecule has 0 atom stereocenters. The van der Waals surface area contributed by atoms with Crippen molar-refractivity contribution < 1.29 is 0 Å². The molecule has 7 N–H and O–H groups in total. The van der Waals surface area contributed by atoms with E-state index in [0.717, 1.165) is 65.2 Å². The van der Waals surface area contributed by atoms with Crippen molar-refractivity contribution in [3.8, 4) is 0 Å². The average molecular weight is 388 g/mol. The lowest BCUT2D eigenvalue weighted by atomic mass is 10.2. The van der Waals surface area contributed by atoms with Crippen molar-refractivity contribution in [2.45, 2.75) is 38.5 Å². The van der Waals surface area contributed by atoms with E-state index in [-0.39, 0.29) is 0 Å². The number of rotatable bonds is 22. The van der Waals surface area contributed by atoms with Gasteiger partial charge in [0, 0.05) is 0 Å². The molecular weight excluding hydrogens is 338 g/mol. The lowest BCUT2D eigenvalue weighted by molar-refractivity contribution is 0.257. The summed E-state index contributed by atoms with van der Waals surface area (Å²) in [4.78, 5) is 5.12. The van der Waals surface area contributed by atoms with E-state index in [0.29, 0.717) is 0 Å². The third-order valence-electron chi connectivity index (χ3n) is 4.81. The van der Waals surface area contributed by atoms with Gasteiger partial charge in [-0.3, -0.25) is 0 Å². The maximum absolute atomic E-state index is 5.67. The molecule has 0 aromatic rings. The van der Waals surface area contributed by atoms with Crippen LogP contribution >= 0.6 is 0 Å². The van der Waals surface area contributed by atoms with Crippen LogP contribution in [0.25, 0.3) is 0 Å². The second-order valence-corrected chi connectivity index (χ2v) is 7.34. The Morgan fingerprint density at radius 2 is 0.852 bits per heavy atom. The molecule has 0 saturated heterocycles. The minimum atomic E-state index is 0.787. The van der Waals surface area contributed by atoms with Gasteiger partial charge < -0.3 is 37.2 Å². The van der Waals surface area contributed by atoms with Crippen LogP contribution in [0.4, 0.5) is 0 Å². The third-order valence-corrected chi connectivity index (χ3v) is 4.81. The van der Waals surface area contributed by atoms with E-state index < -0.39 is 0 Å².